The molecular weight excluding hydrogens is 637 g/mol. The number of halogens is 1. The molecule has 1 N–H and O–H groups in total. The van der Waals surface area contributed by atoms with Gasteiger partial charge in [0, 0.05) is 13.3 Å². The van der Waals surface area contributed by atoms with Gasteiger partial charge in [0.15, 0.2) is 28.7 Å². The van der Waals surface area contributed by atoms with Gasteiger partial charge in [-0.15, -0.1) is 0 Å². The summed E-state index contributed by atoms with van der Waals surface area (Å²) in [5, 5.41) is 2.46. The van der Waals surface area contributed by atoms with E-state index in [4.69, 9.17) is 23.1 Å². The number of carbonyl (C=O) groups is 1. The zero-order valence-corrected chi connectivity index (χ0v) is 29.1. The maximum Gasteiger partial charge on any atom is 0.412 e. The Morgan fingerprint density at radius 1 is 1.05 bits per heavy atom. The molecule has 1 fully saturated rings. The highest BCUT2D eigenvalue weighted by molar-refractivity contribution is 14.1. The van der Waals surface area contributed by atoms with Crippen LogP contribution in [-0.2, 0) is 23.1 Å². The summed E-state index contributed by atoms with van der Waals surface area (Å²) >= 11 is 2.03. The van der Waals surface area contributed by atoms with Crippen LogP contribution in [-0.4, -0.2) is 70.9 Å². The Morgan fingerprint density at radius 3 is 2.08 bits per heavy atom. The third-order valence-corrected chi connectivity index (χ3v) is 17.6. The third-order valence-electron chi connectivity index (χ3n) is 7.82. The van der Waals surface area contributed by atoms with Crippen molar-refractivity contribution in [2.45, 2.75) is 109 Å². The molecule has 2 heterocycles. The zero-order valence-electron chi connectivity index (χ0n) is 24.9. The van der Waals surface area contributed by atoms with Crippen LogP contribution in [0.25, 0.3) is 0 Å². The number of aromatic nitrogens is 2. The van der Waals surface area contributed by atoms with Gasteiger partial charge >= 0.3 is 11.8 Å². The first kappa shape index (κ1) is 33.4. The molecule has 0 aromatic carbocycles. The van der Waals surface area contributed by atoms with E-state index < -0.39 is 40.7 Å². The SMILES string of the molecule is COCCOC(=O)Nc1nc(=O)n([C@@H]2O[C@H](C)[C@@H](O[Si](C)(C)C(C)(C)C)[C@H]2O[Si](C)(C)C(C)(C)C)cc1I. The molecule has 10 nitrogen and oxygen atoms in total. The lowest BCUT2D eigenvalue weighted by Gasteiger charge is -2.44. The molecule has 1 aliphatic heterocycles. The lowest BCUT2D eigenvalue weighted by molar-refractivity contribution is -0.0311. The van der Waals surface area contributed by atoms with Crippen LogP contribution in [0.2, 0.25) is 36.3 Å². The van der Waals surface area contributed by atoms with E-state index in [9.17, 15) is 9.59 Å². The molecule has 13 heteroatoms. The predicted octanol–water partition coefficient (Wildman–Crippen LogP) is 5.74. The van der Waals surface area contributed by atoms with Gasteiger partial charge in [-0.05, 0) is 65.8 Å². The van der Waals surface area contributed by atoms with Crippen LogP contribution >= 0.6 is 22.6 Å². The molecule has 2 rings (SSSR count). The van der Waals surface area contributed by atoms with E-state index in [0.29, 0.717) is 3.57 Å². The molecule has 1 aromatic heterocycles. The first-order chi connectivity index (χ1) is 17.2. The van der Waals surface area contributed by atoms with Crippen LogP contribution in [0.5, 0.6) is 0 Å². The number of nitrogens with zero attached hydrogens (tertiary/aromatic N) is 2. The average Bonchev–Trinajstić information content (AvgIpc) is 3.03. The fourth-order valence-electron chi connectivity index (χ4n) is 3.42. The molecule has 218 valence electrons. The minimum absolute atomic E-state index is 0.00865. The van der Waals surface area contributed by atoms with Crippen LogP contribution < -0.4 is 11.0 Å². The van der Waals surface area contributed by atoms with Crippen LogP contribution in [0.15, 0.2) is 11.0 Å². The van der Waals surface area contributed by atoms with Gasteiger partial charge in [0.2, 0.25) is 0 Å². The number of anilines is 1. The fourth-order valence-corrected chi connectivity index (χ4v) is 6.62. The second-order valence-corrected chi connectivity index (χ2v) is 23.5. The van der Waals surface area contributed by atoms with E-state index in [0.717, 1.165) is 0 Å². The molecule has 0 unspecified atom stereocenters. The van der Waals surface area contributed by atoms with Crippen molar-refractivity contribution >= 4 is 51.1 Å². The van der Waals surface area contributed by atoms with Crippen LogP contribution in [0.3, 0.4) is 0 Å². The number of hydrogen-bond acceptors (Lipinski definition) is 8. The first-order valence-electron chi connectivity index (χ1n) is 12.9. The molecule has 4 atom stereocenters. The molecular formula is C25H46IN3O7Si2. The van der Waals surface area contributed by atoms with E-state index in [2.05, 4.69) is 78.0 Å². The first-order valence-corrected chi connectivity index (χ1v) is 19.8. The minimum Gasteiger partial charge on any atom is -0.447 e. The molecule has 38 heavy (non-hydrogen) atoms. The molecule has 1 amide bonds. The quantitative estimate of drug-likeness (QED) is 0.200. The summed E-state index contributed by atoms with van der Waals surface area (Å²) in [4.78, 5) is 29.5. The van der Waals surface area contributed by atoms with Gasteiger partial charge in [0.05, 0.1) is 16.3 Å². The largest absolute Gasteiger partial charge is 0.447 e. The summed E-state index contributed by atoms with van der Waals surface area (Å²) in [7, 11) is -2.96. The van der Waals surface area contributed by atoms with Crippen LogP contribution in [0, 0.1) is 3.57 Å². The Bertz CT molecular complexity index is 1040. The van der Waals surface area contributed by atoms with Gasteiger partial charge in [-0.1, -0.05) is 41.5 Å². The van der Waals surface area contributed by atoms with E-state index >= 15 is 0 Å². The minimum atomic E-state index is -2.28. The number of hydrogen-bond donors (Lipinski definition) is 1. The predicted molar refractivity (Wildman–Crippen MR) is 162 cm³/mol. The molecule has 0 aliphatic carbocycles. The Hall–Kier alpha value is -0.846. The topological polar surface area (TPSA) is 110 Å². The zero-order chi connectivity index (χ0) is 29.3. The van der Waals surface area contributed by atoms with Crippen molar-refractivity contribution in [1.82, 2.24) is 9.55 Å². The van der Waals surface area contributed by atoms with Gasteiger partial charge < -0.3 is 23.1 Å². The fraction of sp³-hybridized carbons (Fsp3) is 0.800. The number of amides is 1. The van der Waals surface area contributed by atoms with Crippen molar-refractivity contribution in [3.63, 3.8) is 0 Å². The van der Waals surface area contributed by atoms with Gasteiger partial charge in [-0.2, -0.15) is 4.98 Å². The van der Waals surface area contributed by atoms with E-state index in [1.807, 2.05) is 29.5 Å². The smallest absolute Gasteiger partial charge is 0.412 e. The Morgan fingerprint density at radius 2 is 1.58 bits per heavy atom. The number of carbonyl (C=O) groups excluding carboxylic acids is 1. The van der Waals surface area contributed by atoms with Crippen LogP contribution in [0.1, 0.15) is 54.7 Å². The number of methoxy groups -OCH3 is 1. The summed E-state index contributed by atoms with van der Waals surface area (Å²) in [6.45, 7) is 24.2. The molecule has 0 spiro atoms. The monoisotopic (exact) mass is 683 g/mol. The molecule has 0 radical (unpaired) electrons. The van der Waals surface area contributed by atoms with Crippen molar-refractivity contribution in [1.29, 1.82) is 0 Å². The van der Waals surface area contributed by atoms with Crippen LogP contribution in [0.4, 0.5) is 10.6 Å². The third kappa shape index (κ3) is 7.88. The number of ether oxygens (including phenoxy) is 3. The Kier molecular flexibility index (Phi) is 10.8. The average molecular weight is 684 g/mol. The van der Waals surface area contributed by atoms with Crippen molar-refractivity contribution in [2.24, 2.45) is 0 Å². The normalized spacial score (nSPS) is 23.0. The highest BCUT2D eigenvalue weighted by atomic mass is 127. The van der Waals surface area contributed by atoms with Gasteiger partial charge in [-0.3, -0.25) is 9.88 Å². The number of rotatable bonds is 9. The summed E-state index contributed by atoms with van der Waals surface area (Å²) in [6.07, 6.45) is -0.972. The Labute approximate surface area is 242 Å². The van der Waals surface area contributed by atoms with Crippen molar-refractivity contribution in [2.75, 3.05) is 25.6 Å². The molecule has 0 saturated carbocycles. The van der Waals surface area contributed by atoms with Crippen molar-refractivity contribution in [3.8, 4) is 0 Å². The maximum absolute atomic E-state index is 13.3. The summed E-state index contributed by atoms with van der Waals surface area (Å²) in [5.74, 6) is 0.122. The van der Waals surface area contributed by atoms with Crippen molar-refractivity contribution < 1.29 is 27.9 Å². The summed E-state index contributed by atoms with van der Waals surface area (Å²) in [6, 6.07) is 0. The van der Waals surface area contributed by atoms with Crippen molar-refractivity contribution in [3.05, 3.63) is 20.3 Å². The second-order valence-electron chi connectivity index (χ2n) is 12.8. The summed E-state index contributed by atoms with van der Waals surface area (Å²) < 4.78 is 32.1. The van der Waals surface area contributed by atoms with E-state index in [-0.39, 0.29) is 41.3 Å². The lowest BCUT2D eigenvalue weighted by Crippen LogP contribution is -2.53. The van der Waals surface area contributed by atoms with Gasteiger partial charge in [-0.25, -0.2) is 9.59 Å². The van der Waals surface area contributed by atoms with Gasteiger partial charge in [0.1, 0.15) is 18.8 Å². The second kappa shape index (κ2) is 12.3. The van der Waals surface area contributed by atoms with E-state index in [1.165, 1.54) is 11.7 Å². The highest BCUT2D eigenvalue weighted by Gasteiger charge is 2.53. The molecule has 1 aromatic rings. The van der Waals surface area contributed by atoms with E-state index in [1.54, 1.807) is 6.20 Å². The standard InChI is InChI=1S/C25H46IN3O7Si2/c1-16-18(35-37(9,10)24(2,3)4)19(36-38(11,12)25(5,6)7)21(34-16)29-15-17(26)20(27-22(29)30)28-23(31)33-14-13-32-8/h15-16,18-19,21H,13-14H2,1-12H3,(H,27,28,30,31)/t16-,18-,19-,21-/m1/s1. The molecule has 1 saturated heterocycles. The Balaban J connectivity index is 2.47. The highest BCUT2D eigenvalue weighted by Crippen LogP contribution is 2.45. The lowest BCUT2D eigenvalue weighted by atomic mass is 10.1. The molecule has 1 aliphatic rings. The molecule has 0 bridgehead atoms. The maximum atomic E-state index is 13.3. The number of nitrogens with one attached hydrogen (secondary N) is 1. The van der Waals surface area contributed by atoms with Gasteiger partial charge in [0.25, 0.3) is 0 Å². The summed E-state index contributed by atoms with van der Waals surface area (Å²) in [5.41, 5.74) is -0.563.